The highest BCUT2D eigenvalue weighted by Gasteiger charge is 2.21. The van der Waals surface area contributed by atoms with Gasteiger partial charge in [0.1, 0.15) is 5.01 Å². The minimum Gasteiger partial charge on any atom is -0.368 e. The molecule has 0 radical (unpaired) electrons. The molecule has 0 spiro atoms. The van der Waals surface area contributed by atoms with Crippen LogP contribution >= 0.6 is 11.3 Å². The number of anilines is 2. The number of benzene rings is 2. The van der Waals surface area contributed by atoms with E-state index >= 15 is 0 Å². The highest BCUT2D eigenvalue weighted by atomic mass is 32.1. The number of aromatic nitrogens is 1. The second-order valence-corrected chi connectivity index (χ2v) is 7.82. The van der Waals surface area contributed by atoms with E-state index in [4.69, 9.17) is 0 Å². The van der Waals surface area contributed by atoms with Crippen LogP contribution in [0.5, 0.6) is 0 Å². The molecule has 0 unspecified atom stereocenters. The number of amides is 3. The van der Waals surface area contributed by atoms with Crippen LogP contribution in [-0.4, -0.2) is 54.5 Å². The minimum absolute atomic E-state index is 0.0245. The van der Waals surface area contributed by atoms with E-state index in [1.165, 1.54) is 17.0 Å². The number of nitrogens with one attached hydrogen (secondary N) is 2. The van der Waals surface area contributed by atoms with E-state index in [2.05, 4.69) is 32.7 Å². The molecule has 4 rings (SSSR count). The molecule has 1 aliphatic heterocycles. The number of hydrogen-bond donors (Lipinski definition) is 2. The van der Waals surface area contributed by atoms with Crippen molar-refractivity contribution in [1.82, 2.24) is 15.2 Å². The molecule has 0 saturated carbocycles. The maximum Gasteiger partial charge on any atom is 0.319 e. The lowest BCUT2D eigenvalue weighted by Gasteiger charge is -2.36. The Balaban J connectivity index is 1.24. The Kier molecular flexibility index (Phi) is 6.24. The van der Waals surface area contributed by atoms with Gasteiger partial charge in [0.05, 0.1) is 6.54 Å². The van der Waals surface area contributed by atoms with Crippen molar-refractivity contribution in [3.63, 3.8) is 0 Å². The van der Waals surface area contributed by atoms with Crippen LogP contribution in [0.1, 0.15) is 0 Å². The number of carbonyl (C=O) groups is 2. The molecule has 7 nitrogen and oxygen atoms in total. The monoisotopic (exact) mass is 421 g/mol. The predicted octanol–water partition coefficient (Wildman–Crippen LogP) is 3.28. The zero-order valence-electron chi connectivity index (χ0n) is 16.5. The van der Waals surface area contributed by atoms with Crippen molar-refractivity contribution in [2.75, 3.05) is 42.9 Å². The first-order valence-electron chi connectivity index (χ1n) is 9.81. The van der Waals surface area contributed by atoms with Crippen LogP contribution in [0, 0.1) is 0 Å². The molecule has 3 amide bonds. The molecular formula is C22H23N5O2S. The summed E-state index contributed by atoms with van der Waals surface area (Å²) in [5.41, 5.74) is 2.77. The molecular weight excluding hydrogens is 398 g/mol. The van der Waals surface area contributed by atoms with Crippen molar-refractivity contribution in [2.45, 2.75) is 0 Å². The molecule has 1 fully saturated rings. The fourth-order valence-corrected chi connectivity index (χ4v) is 4.03. The number of carbonyl (C=O) groups excluding carboxylic acids is 2. The van der Waals surface area contributed by atoms with Gasteiger partial charge in [-0.3, -0.25) is 4.79 Å². The van der Waals surface area contributed by atoms with Gasteiger partial charge in [-0.15, -0.1) is 11.3 Å². The second kappa shape index (κ2) is 9.41. The Labute approximate surface area is 179 Å². The Hall–Kier alpha value is -3.39. The second-order valence-electron chi connectivity index (χ2n) is 6.93. The summed E-state index contributed by atoms with van der Waals surface area (Å²) in [5, 5.41) is 8.24. The van der Waals surface area contributed by atoms with Crippen molar-refractivity contribution in [1.29, 1.82) is 0 Å². The average Bonchev–Trinajstić information content (AvgIpc) is 3.33. The number of rotatable bonds is 5. The molecule has 8 heteroatoms. The smallest absolute Gasteiger partial charge is 0.319 e. The third kappa shape index (κ3) is 4.96. The lowest BCUT2D eigenvalue weighted by Crippen LogP contribution is -2.51. The lowest BCUT2D eigenvalue weighted by atomic mass is 10.2. The number of thiazole rings is 1. The van der Waals surface area contributed by atoms with E-state index in [9.17, 15) is 9.59 Å². The molecule has 3 aromatic rings. The molecule has 2 aromatic carbocycles. The van der Waals surface area contributed by atoms with Gasteiger partial charge in [-0.1, -0.05) is 30.3 Å². The summed E-state index contributed by atoms with van der Waals surface area (Å²) in [4.78, 5) is 33.0. The Morgan fingerprint density at radius 3 is 2.53 bits per heavy atom. The third-order valence-corrected chi connectivity index (χ3v) is 5.78. The molecule has 0 bridgehead atoms. The SMILES string of the molecule is O=C(NCC(=O)N1CCN(c2ccccc2)CC1)Nc1cccc(-c2nccs2)c1. The van der Waals surface area contributed by atoms with Crippen molar-refractivity contribution in [2.24, 2.45) is 0 Å². The van der Waals surface area contributed by atoms with Gasteiger partial charge in [0, 0.05) is 54.7 Å². The topological polar surface area (TPSA) is 77.6 Å². The molecule has 0 aliphatic carbocycles. The van der Waals surface area contributed by atoms with E-state index < -0.39 is 6.03 Å². The van der Waals surface area contributed by atoms with Crippen LogP contribution in [0.2, 0.25) is 0 Å². The largest absolute Gasteiger partial charge is 0.368 e. The number of nitrogens with zero attached hydrogens (tertiary/aromatic N) is 3. The van der Waals surface area contributed by atoms with E-state index in [0.717, 1.165) is 23.7 Å². The zero-order valence-corrected chi connectivity index (χ0v) is 17.3. The van der Waals surface area contributed by atoms with Crippen LogP contribution in [0.3, 0.4) is 0 Å². The summed E-state index contributed by atoms with van der Waals surface area (Å²) < 4.78 is 0. The molecule has 1 saturated heterocycles. The quantitative estimate of drug-likeness (QED) is 0.663. The zero-order chi connectivity index (χ0) is 20.8. The molecule has 154 valence electrons. The highest BCUT2D eigenvalue weighted by molar-refractivity contribution is 7.13. The van der Waals surface area contributed by atoms with E-state index in [1.807, 2.05) is 41.8 Å². The third-order valence-electron chi connectivity index (χ3n) is 4.95. The first-order valence-corrected chi connectivity index (χ1v) is 10.7. The van der Waals surface area contributed by atoms with E-state index in [1.54, 1.807) is 17.2 Å². The predicted molar refractivity (Wildman–Crippen MR) is 120 cm³/mol. The fourth-order valence-electron chi connectivity index (χ4n) is 3.39. The van der Waals surface area contributed by atoms with Crippen LogP contribution in [0.25, 0.3) is 10.6 Å². The highest BCUT2D eigenvalue weighted by Crippen LogP contribution is 2.24. The van der Waals surface area contributed by atoms with Gasteiger partial charge in [0.25, 0.3) is 0 Å². The molecule has 2 heterocycles. The maximum atomic E-state index is 12.5. The summed E-state index contributed by atoms with van der Waals surface area (Å²) >= 11 is 1.54. The summed E-state index contributed by atoms with van der Waals surface area (Å²) in [7, 11) is 0. The molecule has 30 heavy (non-hydrogen) atoms. The first-order chi connectivity index (χ1) is 14.7. The van der Waals surface area contributed by atoms with Crippen molar-refractivity contribution < 1.29 is 9.59 Å². The number of piperazine rings is 1. The van der Waals surface area contributed by atoms with Gasteiger partial charge in [-0.25, -0.2) is 9.78 Å². The number of para-hydroxylation sites is 1. The van der Waals surface area contributed by atoms with Gasteiger partial charge >= 0.3 is 6.03 Å². The van der Waals surface area contributed by atoms with Crippen molar-refractivity contribution in [3.8, 4) is 10.6 Å². The van der Waals surface area contributed by atoms with Gasteiger partial charge in [-0.2, -0.15) is 0 Å². The molecule has 2 N–H and O–H groups in total. The average molecular weight is 422 g/mol. The maximum absolute atomic E-state index is 12.5. The normalized spacial score (nSPS) is 13.7. The minimum atomic E-state index is -0.400. The molecule has 0 atom stereocenters. The van der Waals surface area contributed by atoms with Crippen LogP contribution in [0.4, 0.5) is 16.2 Å². The van der Waals surface area contributed by atoms with Gasteiger partial charge in [0.2, 0.25) is 5.91 Å². The van der Waals surface area contributed by atoms with Crippen LogP contribution in [-0.2, 0) is 4.79 Å². The van der Waals surface area contributed by atoms with Gasteiger partial charge in [0.15, 0.2) is 0 Å². The number of hydrogen-bond acceptors (Lipinski definition) is 5. The number of urea groups is 1. The Morgan fingerprint density at radius 2 is 1.80 bits per heavy atom. The molecule has 1 aliphatic rings. The van der Waals surface area contributed by atoms with Gasteiger partial charge < -0.3 is 20.4 Å². The summed E-state index contributed by atoms with van der Waals surface area (Å²) in [6, 6.07) is 17.3. The standard InChI is InChI=1S/C22H23N5O2S/c28-20(27-12-10-26(11-13-27)19-7-2-1-3-8-19)16-24-22(29)25-18-6-4-5-17(15-18)21-23-9-14-30-21/h1-9,14-15H,10-13,16H2,(H2,24,25,29). The summed E-state index contributed by atoms with van der Waals surface area (Å²) in [6.45, 7) is 2.83. The van der Waals surface area contributed by atoms with Crippen molar-refractivity contribution in [3.05, 3.63) is 66.2 Å². The van der Waals surface area contributed by atoms with Gasteiger partial charge in [-0.05, 0) is 24.3 Å². The van der Waals surface area contributed by atoms with Crippen molar-refractivity contribution >= 4 is 34.6 Å². The van der Waals surface area contributed by atoms with E-state index in [-0.39, 0.29) is 12.5 Å². The Bertz CT molecular complexity index is 986. The summed E-state index contributed by atoms with van der Waals surface area (Å²) in [6.07, 6.45) is 1.75. The summed E-state index contributed by atoms with van der Waals surface area (Å²) in [5.74, 6) is -0.0746. The first kappa shape index (κ1) is 19.9. The molecule has 1 aromatic heterocycles. The van der Waals surface area contributed by atoms with Crippen LogP contribution in [0.15, 0.2) is 66.2 Å². The Morgan fingerprint density at radius 1 is 1.00 bits per heavy atom. The van der Waals surface area contributed by atoms with E-state index in [0.29, 0.717) is 18.8 Å². The van der Waals surface area contributed by atoms with Crippen LogP contribution < -0.4 is 15.5 Å². The lowest BCUT2D eigenvalue weighted by molar-refractivity contribution is -0.130. The fraction of sp³-hybridized carbons (Fsp3) is 0.227.